The van der Waals surface area contributed by atoms with E-state index in [9.17, 15) is 0 Å². The summed E-state index contributed by atoms with van der Waals surface area (Å²) in [6.45, 7) is 2.74. The van der Waals surface area contributed by atoms with Crippen LogP contribution in [0.15, 0.2) is 24.3 Å². The van der Waals surface area contributed by atoms with Gasteiger partial charge in [0.25, 0.3) is 0 Å². The summed E-state index contributed by atoms with van der Waals surface area (Å²) < 4.78 is 5.15. The second-order valence-electron chi connectivity index (χ2n) is 3.91. The first-order chi connectivity index (χ1) is 8.24. The lowest BCUT2D eigenvalue weighted by Gasteiger charge is -2.03. The summed E-state index contributed by atoms with van der Waals surface area (Å²) in [4.78, 5) is 7.79. The molecule has 0 unspecified atom stereocenters. The van der Waals surface area contributed by atoms with Gasteiger partial charge in [-0.15, -0.1) is 0 Å². The van der Waals surface area contributed by atoms with Crippen LogP contribution in [0.2, 0.25) is 0 Å². The first-order valence-corrected chi connectivity index (χ1v) is 5.59. The number of nitrogens with one attached hydrogen (secondary N) is 2. The van der Waals surface area contributed by atoms with Crippen molar-refractivity contribution in [1.82, 2.24) is 15.3 Å². The number of ether oxygens (including phenoxy) is 1. The van der Waals surface area contributed by atoms with Crippen molar-refractivity contribution >= 4 is 0 Å². The van der Waals surface area contributed by atoms with Crippen molar-refractivity contribution in [3.63, 3.8) is 0 Å². The molecule has 0 aliphatic heterocycles. The molecule has 0 saturated carbocycles. The van der Waals surface area contributed by atoms with E-state index < -0.39 is 0 Å². The Hall–Kier alpha value is -1.81. The Balaban J connectivity index is 2.37. The predicted octanol–water partition coefficient (Wildman–Crippen LogP) is 2.11. The van der Waals surface area contributed by atoms with E-state index in [4.69, 9.17) is 4.74 Å². The molecule has 0 aliphatic rings. The molecule has 0 spiro atoms. The molecule has 4 nitrogen and oxygen atoms in total. The molecule has 1 heterocycles. The van der Waals surface area contributed by atoms with Crippen molar-refractivity contribution in [1.29, 1.82) is 0 Å². The minimum atomic E-state index is 0.780. The number of imidazole rings is 1. The average Bonchev–Trinajstić information content (AvgIpc) is 2.71. The van der Waals surface area contributed by atoms with Gasteiger partial charge >= 0.3 is 0 Å². The van der Waals surface area contributed by atoms with Crippen LogP contribution in [-0.2, 0) is 6.54 Å². The van der Waals surface area contributed by atoms with E-state index in [-0.39, 0.29) is 0 Å². The summed E-state index contributed by atoms with van der Waals surface area (Å²) in [6.07, 6.45) is 0. The van der Waals surface area contributed by atoms with Gasteiger partial charge in [-0.3, -0.25) is 0 Å². The van der Waals surface area contributed by atoms with Crippen LogP contribution in [0.25, 0.3) is 11.3 Å². The maximum Gasteiger partial charge on any atom is 0.118 e. The third-order valence-electron chi connectivity index (χ3n) is 2.61. The predicted molar refractivity (Wildman–Crippen MR) is 68.1 cm³/mol. The van der Waals surface area contributed by atoms with Gasteiger partial charge in [-0.2, -0.15) is 0 Å². The molecule has 2 aromatic rings. The lowest BCUT2D eigenvalue weighted by atomic mass is 10.1. The molecule has 0 bridgehead atoms. The highest BCUT2D eigenvalue weighted by atomic mass is 16.5. The third-order valence-corrected chi connectivity index (χ3v) is 2.61. The van der Waals surface area contributed by atoms with E-state index in [0.717, 1.165) is 35.1 Å². The van der Waals surface area contributed by atoms with Crippen LogP contribution in [0.4, 0.5) is 0 Å². The quantitative estimate of drug-likeness (QED) is 0.847. The third kappa shape index (κ3) is 2.47. The number of benzene rings is 1. The summed E-state index contributed by atoms with van der Waals surface area (Å²) in [5, 5.41) is 3.13. The molecule has 0 fully saturated rings. The number of hydrogen-bond donors (Lipinski definition) is 2. The fourth-order valence-corrected chi connectivity index (χ4v) is 1.83. The lowest BCUT2D eigenvalue weighted by Crippen LogP contribution is -2.06. The standard InChI is InChI=1S/C13H17N3O/c1-9-15-12(8-14-2)13(16-9)10-4-6-11(17-3)7-5-10/h4-7,14H,8H2,1-3H3,(H,15,16). The van der Waals surface area contributed by atoms with Crippen LogP contribution in [0.3, 0.4) is 0 Å². The van der Waals surface area contributed by atoms with E-state index >= 15 is 0 Å². The van der Waals surface area contributed by atoms with Crippen LogP contribution in [-0.4, -0.2) is 24.1 Å². The highest BCUT2D eigenvalue weighted by Crippen LogP contribution is 2.23. The Morgan fingerprint density at radius 3 is 2.59 bits per heavy atom. The molecule has 1 aromatic heterocycles. The molecule has 17 heavy (non-hydrogen) atoms. The number of hydrogen-bond acceptors (Lipinski definition) is 3. The Kier molecular flexibility index (Phi) is 3.44. The molecule has 1 aromatic carbocycles. The molecule has 0 atom stereocenters. The van der Waals surface area contributed by atoms with E-state index in [0.29, 0.717) is 0 Å². The highest BCUT2D eigenvalue weighted by molar-refractivity contribution is 5.63. The van der Waals surface area contributed by atoms with Gasteiger partial charge in [-0.1, -0.05) is 0 Å². The maximum atomic E-state index is 5.15. The molecule has 4 heteroatoms. The van der Waals surface area contributed by atoms with Crippen LogP contribution in [0.5, 0.6) is 5.75 Å². The Labute approximate surface area is 101 Å². The monoisotopic (exact) mass is 231 g/mol. The normalized spacial score (nSPS) is 10.5. The SMILES string of the molecule is CNCc1[nH]c(C)nc1-c1ccc(OC)cc1. The molecule has 0 saturated heterocycles. The van der Waals surface area contributed by atoms with Gasteiger partial charge in [0.2, 0.25) is 0 Å². The highest BCUT2D eigenvalue weighted by Gasteiger charge is 2.09. The van der Waals surface area contributed by atoms with Crippen molar-refractivity contribution in [3.05, 3.63) is 35.8 Å². The van der Waals surface area contributed by atoms with Crippen LogP contribution in [0, 0.1) is 6.92 Å². The summed E-state index contributed by atoms with van der Waals surface area (Å²) in [6, 6.07) is 7.94. The van der Waals surface area contributed by atoms with Gasteiger partial charge < -0.3 is 15.0 Å². The topological polar surface area (TPSA) is 49.9 Å². The fourth-order valence-electron chi connectivity index (χ4n) is 1.83. The lowest BCUT2D eigenvalue weighted by molar-refractivity contribution is 0.415. The number of H-pyrrole nitrogens is 1. The molecule has 0 amide bonds. The number of nitrogens with zero attached hydrogens (tertiary/aromatic N) is 1. The summed E-state index contributed by atoms with van der Waals surface area (Å²) in [5.74, 6) is 1.79. The number of aryl methyl sites for hydroxylation is 1. The van der Waals surface area contributed by atoms with Crippen molar-refractivity contribution in [2.75, 3.05) is 14.2 Å². The van der Waals surface area contributed by atoms with Crippen LogP contribution >= 0.6 is 0 Å². The van der Waals surface area contributed by atoms with Gasteiger partial charge in [0.15, 0.2) is 0 Å². The van der Waals surface area contributed by atoms with E-state index in [1.165, 1.54) is 0 Å². The zero-order valence-electron chi connectivity index (χ0n) is 10.4. The number of aromatic nitrogens is 2. The molecule has 90 valence electrons. The molecular weight excluding hydrogens is 214 g/mol. The van der Waals surface area contributed by atoms with Crippen molar-refractivity contribution in [3.8, 4) is 17.0 Å². The molecule has 2 rings (SSSR count). The van der Waals surface area contributed by atoms with Crippen molar-refractivity contribution < 1.29 is 4.74 Å². The van der Waals surface area contributed by atoms with Gasteiger partial charge in [0.05, 0.1) is 18.5 Å². The Bertz CT molecular complexity index is 488. The minimum Gasteiger partial charge on any atom is -0.497 e. The number of methoxy groups -OCH3 is 1. The summed E-state index contributed by atoms with van der Waals surface area (Å²) >= 11 is 0. The Morgan fingerprint density at radius 2 is 2.00 bits per heavy atom. The van der Waals surface area contributed by atoms with Gasteiger partial charge in [-0.25, -0.2) is 4.98 Å². The minimum absolute atomic E-state index is 0.780. The maximum absolute atomic E-state index is 5.15. The van der Waals surface area contributed by atoms with E-state index in [1.807, 2.05) is 38.2 Å². The van der Waals surface area contributed by atoms with Crippen molar-refractivity contribution in [2.24, 2.45) is 0 Å². The van der Waals surface area contributed by atoms with Gasteiger partial charge in [-0.05, 0) is 38.2 Å². The second kappa shape index (κ2) is 5.01. The summed E-state index contributed by atoms with van der Waals surface area (Å²) in [5.41, 5.74) is 3.20. The zero-order valence-corrected chi connectivity index (χ0v) is 10.4. The van der Waals surface area contributed by atoms with Crippen molar-refractivity contribution in [2.45, 2.75) is 13.5 Å². The number of aromatic amines is 1. The molecule has 0 radical (unpaired) electrons. The average molecular weight is 231 g/mol. The van der Waals surface area contributed by atoms with Crippen LogP contribution < -0.4 is 10.1 Å². The van der Waals surface area contributed by atoms with E-state index in [2.05, 4.69) is 15.3 Å². The van der Waals surface area contributed by atoms with Crippen LogP contribution in [0.1, 0.15) is 11.5 Å². The smallest absolute Gasteiger partial charge is 0.118 e. The fraction of sp³-hybridized carbons (Fsp3) is 0.308. The first kappa shape index (κ1) is 11.7. The summed E-state index contributed by atoms with van der Waals surface area (Å²) in [7, 11) is 3.59. The molecule has 0 aliphatic carbocycles. The second-order valence-corrected chi connectivity index (χ2v) is 3.91. The van der Waals surface area contributed by atoms with E-state index in [1.54, 1.807) is 7.11 Å². The first-order valence-electron chi connectivity index (χ1n) is 5.59. The van der Waals surface area contributed by atoms with Gasteiger partial charge in [0.1, 0.15) is 11.6 Å². The Morgan fingerprint density at radius 1 is 1.29 bits per heavy atom. The molecular formula is C13H17N3O. The zero-order chi connectivity index (χ0) is 12.3. The molecule has 2 N–H and O–H groups in total. The van der Waals surface area contributed by atoms with Gasteiger partial charge in [0, 0.05) is 12.1 Å². The largest absolute Gasteiger partial charge is 0.497 e. The number of rotatable bonds is 4.